The summed E-state index contributed by atoms with van der Waals surface area (Å²) < 4.78 is 43.7. The van der Waals surface area contributed by atoms with Crippen LogP contribution in [0.15, 0.2) is 48.5 Å². The molecule has 0 unspecified atom stereocenters. The van der Waals surface area contributed by atoms with E-state index in [2.05, 4.69) is 4.74 Å². The number of carboxylic acid groups (broad SMARTS) is 1. The molecule has 1 aliphatic heterocycles. The first-order valence-corrected chi connectivity index (χ1v) is 9.98. The minimum atomic E-state index is -4.78. The Hall–Kier alpha value is -4.40. The number of rotatable bonds is 5. The van der Waals surface area contributed by atoms with E-state index in [-0.39, 0.29) is 18.5 Å². The van der Waals surface area contributed by atoms with Gasteiger partial charge >= 0.3 is 24.1 Å². The molecule has 2 aromatic rings. The van der Waals surface area contributed by atoms with Crippen molar-refractivity contribution in [2.75, 3.05) is 19.1 Å². The summed E-state index contributed by atoms with van der Waals surface area (Å²) in [7, 11) is 2.64. The second-order valence-electron chi connectivity index (χ2n) is 7.19. The van der Waals surface area contributed by atoms with Gasteiger partial charge < -0.3 is 14.7 Å². The summed E-state index contributed by atoms with van der Waals surface area (Å²) in [5.74, 6) is -2.13. The van der Waals surface area contributed by atoms with Gasteiger partial charge in [-0.2, -0.15) is 18.4 Å². The number of likely N-dealkylation sites (N-methyl/N-ethyl adjacent to an activating group) is 1. The van der Waals surface area contributed by atoms with Crippen LogP contribution in [0.2, 0.25) is 0 Å². The van der Waals surface area contributed by atoms with Gasteiger partial charge in [0.25, 0.3) is 5.91 Å². The van der Waals surface area contributed by atoms with Crippen molar-refractivity contribution in [2.45, 2.75) is 25.1 Å². The molecule has 9 nitrogen and oxygen atoms in total. The highest BCUT2D eigenvalue weighted by Crippen LogP contribution is 2.38. The first-order valence-electron chi connectivity index (χ1n) is 9.98. The normalized spacial score (nSPS) is 15.3. The molecule has 0 aromatic heterocycles. The lowest BCUT2D eigenvalue weighted by atomic mass is 10.0. The van der Waals surface area contributed by atoms with Crippen LogP contribution in [-0.4, -0.2) is 48.0 Å². The molecule has 1 saturated heterocycles. The minimum Gasteiger partial charge on any atom is -0.481 e. The number of benzene rings is 2. The Morgan fingerprint density at radius 2 is 1.74 bits per heavy atom. The van der Waals surface area contributed by atoms with Crippen LogP contribution in [0.4, 0.5) is 23.7 Å². The number of carbonyl (C=O) groups is 4. The molecule has 35 heavy (non-hydrogen) atoms. The second kappa shape index (κ2) is 11.1. The van der Waals surface area contributed by atoms with Crippen molar-refractivity contribution in [3.05, 3.63) is 65.2 Å². The molecule has 1 fully saturated rings. The van der Waals surface area contributed by atoms with Gasteiger partial charge in [0.05, 0.1) is 42.8 Å². The van der Waals surface area contributed by atoms with Crippen molar-refractivity contribution in [1.29, 1.82) is 5.26 Å². The predicted molar refractivity (Wildman–Crippen MR) is 115 cm³/mol. The standard InChI is InChI=1S/C18H12F3N3O2.C5H8O4/c1-23-15(11-5-3-2-4-6-11)16(25)24(17(23)26)13-8-7-12(10-22)14(9-13)18(19,20)21;1-9-5(8)3-2-4(6)7/h2-9,15H,1H3;2-3H2,1H3,(H,6,7)/t15-;/m1./s1. The molecule has 12 heteroatoms. The van der Waals surface area contributed by atoms with Gasteiger partial charge in [-0.1, -0.05) is 30.3 Å². The highest BCUT2D eigenvalue weighted by atomic mass is 19.4. The number of anilines is 1. The van der Waals surface area contributed by atoms with Crippen molar-refractivity contribution >= 4 is 29.6 Å². The number of alkyl halides is 3. The number of esters is 1. The van der Waals surface area contributed by atoms with Gasteiger partial charge in [0.2, 0.25) is 0 Å². The highest BCUT2D eigenvalue weighted by Gasteiger charge is 2.45. The third-order valence-corrected chi connectivity index (χ3v) is 4.91. The number of nitrogens with zero attached hydrogens (tertiary/aromatic N) is 3. The first kappa shape index (κ1) is 26.8. The summed E-state index contributed by atoms with van der Waals surface area (Å²) in [6.07, 6.45) is -4.99. The number of amides is 3. The van der Waals surface area contributed by atoms with E-state index in [1.165, 1.54) is 25.1 Å². The molecule has 3 amide bonds. The van der Waals surface area contributed by atoms with Crippen molar-refractivity contribution in [2.24, 2.45) is 0 Å². The van der Waals surface area contributed by atoms with Gasteiger partial charge in [0, 0.05) is 7.05 Å². The van der Waals surface area contributed by atoms with Gasteiger partial charge in [-0.25, -0.2) is 9.69 Å². The van der Waals surface area contributed by atoms with Crippen LogP contribution >= 0.6 is 0 Å². The molecule has 0 bridgehead atoms. The van der Waals surface area contributed by atoms with E-state index in [0.29, 0.717) is 16.5 Å². The van der Waals surface area contributed by atoms with Gasteiger partial charge in [0.15, 0.2) is 0 Å². The quantitative estimate of drug-likeness (QED) is 0.498. The number of methoxy groups -OCH3 is 1. The topological polar surface area (TPSA) is 128 Å². The maximum absolute atomic E-state index is 13.2. The Morgan fingerprint density at radius 1 is 1.11 bits per heavy atom. The summed E-state index contributed by atoms with van der Waals surface area (Å²) in [6, 6.07) is 11.0. The average molecular weight is 491 g/mol. The number of carbonyl (C=O) groups excluding carboxylic acids is 3. The molecule has 1 aliphatic rings. The molecule has 2 aromatic carbocycles. The Balaban J connectivity index is 0.000000410. The largest absolute Gasteiger partial charge is 0.481 e. The molecule has 0 spiro atoms. The van der Waals surface area contributed by atoms with Crippen LogP contribution in [0.5, 0.6) is 0 Å². The van der Waals surface area contributed by atoms with Crippen LogP contribution in [-0.2, 0) is 25.3 Å². The van der Waals surface area contributed by atoms with Gasteiger partial charge in [-0.15, -0.1) is 0 Å². The van der Waals surface area contributed by atoms with Crippen LogP contribution in [0.3, 0.4) is 0 Å². The number of halogens is 3. The SMILES string of the molecule is CN1C(=O)N(c2ccc(C#N)c(C(F)(F)F)c2)C(=O)[C@H]1c1ccccc1.COC(=O)CCC(=O)O. The van der Waals surface area contributed by atoms with E-state index < -0.39 is 47.2 Å². The van der Waals surface area contributed by atoms with Crippen LogP contribution in [0, 0.1) is 11.3 Å². The lowest BCUT2D eigenvalue weighted by molar-refractivity contribution is -0.145. The van der Waals surface area contributed by atoms with Crippen molar-refractivity contribution in [1.82, 2.24) is 4.90 Å². The van der Waals surface area contributed by atoms with E-state index in [9.17, 15) is 32.3 Å². The average Bonchev–Trinajstić information content (AvgIpc) is 3.05. The van der Waals surface area contributed by atoms with E-state index in [0.717, 1.165) is 12.1 Å². The second-order valence-corrected chi connectivity index (χ2v) is 7.19. The van der Waals surface area contributed by atoms with Crippen LogP contribution < -0.4 is 4.90 Å². The predicted octanol–water partition coefficient (Wildman–Crippen LogP) is 3.74. The molecular weight excluding hydrogens is 471 g/mol. The Bertz CT molecular complexity index is 1160. The number of imide groups is 1. The van der Waals surface area contributed by atoms with E-state index in [4.69, 9.17) is 10.4 Å². The zero-order valence-corrected chi connectivity index (χ0v) is 18.6. The van der Waals surface area contributed by atoms with Gasteiger partial charge in [-0.3, -0.25) is 14.4 Å². The third kappa shape index (κ3) is 6.35. The molecule has 0 saturated carbocycles. The molecule has 3 rings (SSSR count). The molecule has 0 radical (unpaired) electrons. The maximum atomic E-state index is 13.2. The van der Waals surface area contributed by atoms with Crippen LogP contribution in [0.1, 0.15) is 35.6 Å². The number of nitriles is 1. The number of ether oxygens (including phenoxy) is 1. The molecule has 1 atom stereocenters. The monoisotopic (exact) mass is 491 g/mol. The fourth-order valence-corrected chi connectivity index (χ4v) is 3.20. The highest BCUT2D eigenvalue weighted by molar-refractivity contribution is 6.21. The lowest BCUT2D eigenvalue weighted by Gasteiger charge is -2.16. The zero-order valence-electron chi connectivity index (χ0n) is 18.6. The molecule has 0 aliphatic carbocycles. The first-order chi connectivity index (χ1) is 16.4. The minimum absolute atomic E-state index is 0.0498. The number of carboxylic acids is 1. The number of hydrogen-bond acceptors (Lipinski definition) is 6. The molecule has 184 valence electrons. The maximum Gasteiger partial charge on any atom is 0.417 e. The lowest BCUT2D eigenvalue weighted by Crippen LogP contribution is -2.31. The smallest absolute Gasteiger partial charge is 0.417 e. The van der Waals surface area contributed by atoms with Crippen molar-refractivity contribution < 1.29 is 42.2 Å². The summed E-state index contributed by atoms with van der Waals surface area (Å²) in [6.45, 7) is 0. The Kier molecular flexibility index (Phi) is 8.55. The Labute approximate surface area is 197 Å². The van der Waals surface area contributed by atoms with Gasteiger partial charge in [-0.05, 0) is 23.8 Å². The molecule has 1 N–H and O–H groups in total. The fraction of sp³-hybridized carbons (Fsp3) is 0.261. The number of hydrogen-bond donors (Lipinski definition) is 1. The fourth-order valence-electron chi connectivity index (χ4n) is 3.20. The molecular formula is C23H20F3N3O6. The number of aliphatic carboxylic acids is 1. The zero-order chi connectivity index (χ0) is 26.3. The summed E-state index contributed by atoms with van der Waals surface area (Å²) in [4.78, 5) is 47.2. The van der Waals surface area contributed by atoms with Crippen molar-refractivity contribution in [3.63, 3.8) is 0 Å². The van der Waals surface area contributed by atoms with Gasteiger partial charge in [0.1, 0.15) is 6.04 Å². The van der Waals surface area contributed by atoms with Crippen LogP contribution in [0.25, 0.3) is 0 Å². The summed E-state index contributed by atoms with van der Waals surface area (Å²) in [5, 5.41) is 16.9. The van der Waals surface area contributed by atoms with E-state index >= 15 is 0 Å². The summed E-state index contributed by atoms with van der Waals surface area (Å²) >= 11 is 0. The van der Waals surface area contributed by atoms with E-state index in [1.54, 1.807) is 30.3 Å². The summed E-state index contributed by atoms with van der Waals surface area (Å²) in [5.41, 5.74) is -1.44. The third-order valence-electron chi connectivity index (χ3n) is 4.91. The van der Waals surface area contributed by atoms with E-state index in [1.807, 2.05) is 0 Å². The Morgan fingerprint density at radius 3 is 2.26 bits per heavy atom. The van der Waals surface area contributed by atoms with Crippen molar-refractivity contribution in [3.8, 4) is 6.07 Å². The molecule has 1 heterocycles. The number of urea groups is 1.